The van der Waals surface area contributed by atoms with E-state index >= 15 is 0 Å². The molecule has 0 saturated carbocycles. The lowest BCUT2D eigenvalue weighted by atomic mass is 10.1. The van der Waals surface area contributed by atoms with E-state index < -0.39 is 5.82 Å². The molecular weight excluding hydrogens is 245 g/mol. The van der Waals surface area contributed by atoms with Gasteiger partial charge in [-0.3, -0.25) is 4.79 Å². The smallest absolute Gasteiger partial charge is 0.257 e. The fraction of sp³-hybridized carbons (Fsp3) is 0.571. The molecule has 0 radical (unpaired) electrons. The van der Waals surface area contributed by atoms with E-state index in [-0.39, 0.29) is 11.9 Å². The first kappa shape index (κ1) is 15.4. The average molecular weight is 267 g/mol. The number of carbonyl (C=O) groups is 1. The van der Waals surface area contributed by atoms with Gasteiger partial charge in [0, 0.05) is 19.1 Å². The van der Waals surface area contributed by atoms with Crippen molar-refractivity contribution in [3.05, 3.63) is 23.6 Å². The Bertz CT molecular complexity index is 435. The average Bonchev–Trinajstić information content (AvgIpc) is 2.37. The summed E-state index contributed by atoms with van der Waals surface area (Å²) in [4.78, 5) is 18.2. The minimum atomic E-state index is -0.495. The summed E-state index contributed by atoms with van der Waals surface area (Å²) in [5.41, 5.74) is 0.295. The zero-order valence-corrected chi connectivity index (χ0v) is 12.0. The van der Waals surface area contributed by atoms with Crippen LogP contribution in [0.25, 0.3) is 0 Å². The lowest BCUT2D eigenvalue weighted by Gasteiger charge is -2.27. The third-order valence-corrected chi connectivity index (χ3v) is 2.78. The normalized spacial score (nSPS) is 10.6. The van der Waals surface area contributed by atoms with Gasteiger partial charge in [-0.25, -0.2) is 9.37 Å². The molecule has 0 atom stereocenters. The van der Waals surface area contributed by atoms with E-state index in [2.05, 4.69) is 10.3 Å². The van der Waals surface area contributed by atoms with Crippen molar-refractivity contribution in [2.45, 2.75) is 40.2 Å². The molecular formula is C14H22FN3O. The Hall–Kier alpha value is -1.65. The highest BCUT2D eigenvalue weighted by atomic mass is 19.1. The zero-order chi connectivity index (χ0) is 14.4. The molecule has 0 aliphatic rings. The number of nitrogens with one attached hydrogen (secondary N) is 1. The molecule has 0 spiro atoms. The Morgan fingerprint density at radius 1 is 1.47 bits per heavy atom. The molecule has 0 bridgehead atoms. The highest BCUT2D eigenvalue weighted by molar-refractivity contribution is 5.98. The van der Waals surface area contributed by atoms with Crippen LogP contribution in [-0.4, -0.2) is 34.9 Å². The maximum absolute atomic E-state index is 13.3. The number of halogens is 1. The van der Waals surface area contributed by atoms with Crippen molar-refractivity contribution < 1.29 is 9.18 Å². The molecule has 0 aliphatic heterocycles. The van der Waals surface area contributed by atoms with E-state index in [0.717, 1.165) is 12.6 Å². The van der Waals surface area contributed by atoms with Gasteiger partial charge in [0.15, 0.2) is 0 Å². The molecule has 0 unspecified atom stereocenters. The van der Waals surface area contributed by atoms with Gasteiger partial charge in [-0.1, -0.05) is 6.92 Å². The minimum Gasteiger partial charge on any atom is -0.370 e. The minimum absolute atomic E-state index is 0.0743. The van der Waals surface area contributed by atoms with Crippen molar-refractivity contribution in [1.29, 1.82) is 0 Å². The van der Waals surface area contributed by atoms with Crippen LogP contribution in [-0.2, 0) is 0 Å². The summed E-state index contributed by atoms with van der Waals surface area (Å²) in [5.74, 6) is -0.235. The summed E-state index contributed by atoms with van der Waals surface area (Å²) in [6.07, 6.45) is 1.98. The van der Waals surface area contributed by atoms with Gasteiger partial charge >= 0.3 is 0 Å². The van der Waals surface area contributed by atoms with E-state index in [1.165, 1.54) is 6.07 Å². The van der Waals surface area contributed by atoms with Crippen molar-refractivity contribution in [1.82, 2.24) is 9.88 Å². The number of rotatable bonds is 6. The standard InChI is InChI=1S/C14H22FN3O/c1-5-7-18(10(3)4)14(19)12-8-11(15)9-17-13(12)16-6-2/h8-10H,5-7H2,1-4H3,(H,16,17). The van der Waals surface area contributed by atoms with E-state index in [9.17, 15) is 9.18 Å². The summed E-state index contributed by atoms with van der Waals surface area (Å²) >= 11 is 0. The predicted octanol–water partition coefficient (Wildman–Crippen LogP) is 2.91. The van der Waals surface area contributed by atoms with Crippen LogP contribution in [0, 0.1) is 5.82 Å². The van der Waals surface area contributed by atoms with E-state index in [1.54, 1.807) is 4.90 Å². The van der Waals surface area contributed by atoms with Crippen LogP contribution in [0.15, 0.2) is 12.3 Å². The second-order valence-electron chi connectivity index (χ2n) is 4.67. The van der Waals surface area contributed by atoms with Gasteiger partial charge in [-0.2, -0.15) is 0 Å². The van der Waals surface area contributed by atoms with Crippen LogP contribution in [0.2, 0.25) is 0 Å². The summed E-state index contributed by atoms with van der Waals surface area (Å²) < 4.78 is 13.3. The van der Waals surface area contributed by atoms with Gasteiger partial charge < -0.3 is 10.2 Å². The van der Waals surface area contributed by atoms with Crippen molar-refractivity contribution in [2.75, 3.05) is 18.4 Å². The first-order valence-corrected chi connectivity index (χ1v) is 6.71. The third kappa shape index (κ3) is 3.91. The van der Waals surface area contributed by atoms with E-state index in [4.69, 9.17) is 0 Å². The molecule has 19 heavy (non-hydrogen) atoms. The Kier molecular flexibility index (Phi) is 5.73. The number of nitrogens with zero attached hydrogens (tertiary/aromatic N) is 2. The highest BCUT2D eigenvalue weighted by Crippen LogP contribution is 2.17. The fourth-order valence-corrected chi connectivity index (χ4v) is 1.90. The van der Waals surface area contributed by atoms with Gasteiger partial charge in [0.25, 0.3) is 5.91 Å². The van der Waals surface area contributed by atoms with Gasteiger partial charge in [-0.05, 0) is 33.3 Å². The molecule has 1 heterocycles. The SMILES string of the molecule is CCCN(C(=O)c1cc(F)cnc1NCC)C(C)C. The maximum atomic E-state index is 13.3. The van der Waals surface area contributed by atoms with Crippen molar-refractivity contribution in [3.63, 3.8) is 0 Å². The zero-order valence-electron chi connectivity index (χ0n) is 12.0. The maximum Gasteiger partial charge on any atom is 0.257 e. The molecule has 1 aromatic rings. The molecule has 1 amide bonds. The van der Waals surface area contributed by atoms with Crippen LogP contribution in [0.3, 0.4) is 0 Å². The highest BCUT2D eigenvalue weighted by Gasteiger charge is 2.22. The number of anilines is 1. The van der Waals surface area contributed by atoms with Crippen molar-refractivity contribution in [2.24, 2.45) is 0 Å². The largest absolute Gasteiger partial charge is 0.370 e. The van der Waals surface area contributed by atoms with Gasteiger partial charge in [0.05, 0.1) is 11.8 Å². The van der Waals surface area contributed by atoms with E-state index in [1.807, 2.05) is 27.7 Å². The number of aromatic nitrogens is 1. The quantitative estimate of drug-likeness (QED) is 0.862. The number of carbonyl (C=O) groups excluding carboxylic acids is 1. The van der Waals surface area contributed by atoms with Crippen molar-refractivity contribution in [3.8, 4) is 0 Å². The first-order chi connectivity index (χ1) is 9.01. The summed E-state index contributed by atoms with van der Waals surface area (Å²) in [6, 6.07) is 1.32. The second kappa shape index (κ2) is 7.07. The molecule has 1 N–H and O–H groups in total. The third-order valence-electron chi connectivity index (χ3n) is 2.78. The Labute approximate surface area is 114 Å². The monoisotopic (exact) mass is 267 g/mol. The predicted molar refractivity (Wildman–Crippen MR) is 74.8 cm³/mol. The fourth-order valence-electron chi connectivity index (χ4n) is 1.90. The van der Waals surface area contributed by atoms with E-state index in [0.29, 0.717) is 24.5 Å². The molecule has 5 heteroatoms. The lowest BCUT2D eigenvalue weighted by molar-refractivity contribution is 0.0706. The number of hydrogen-bond acceptors (Lipinski definition) is 3. The first-order valence-electron chi connectivity index (χ1n) is 6.71. The molecule has 0 saturated heterocycles. The number of amides is 1. The van der Waals surface area contributed by atoms with Crippen LogP contribution in [0.1, 0.15) is 44.5 Å². The second-order valence-corrected chi connectivity index (χ2v) is 4.67. The molecule has 0 aromatic carbocycles. The van der Waals surface area contributed by atoms with Crippen LogP contribution < -0.4 is 5.32 Å². The molecule has 106 valence electrons. The topological polar surface area (TPSA) is 45.2 Å². The van der Waals surface area contributed by atoms with Crippen LogP contribution in [0.5, 0.6) is 0 Å². The molecule has 1 aromatic heterocycles. The van der Waals surface area contributed by atoms with Gasteiger partial charge in [0.2, 0.25) is 0 Å². The molecule has 0 fully saturated rings. The number of hydrogen-bond donors (Lipinski definition) is 1. The Morgan fingerprint density at radius 3 is 2.68 bits per heavy atom. The van der Waals surface area contributed by atoms with Gasteiger partial charge in [0.1, 0.15) is 11.6 Å². The summed E-state index contributed by atoms with van der Waals surface area (Å²) in [5, 5.41) is 2.99. The van der Waals surface area contributed by atoms with Crippen LogP contribution in [0.4, 0.5) is 10.2 Å². The van der Waals surface area contributed by atoms with Crippen molar-refractivity contribution >= 4 is 11.7 Å². The summed E-state index contributed by atoms with van der Waals surface area (Å²) in [6.45, 7) is 9.11. The lowest BCUT2D eigenvalue weighted by Crippen LogP contribution is -2.38. The van der Waals surface area contributed by atoms with Crippen LogP contribution >= 0.6 is 0 Å². The Balaban J connectivity index is 3.11. The van der Waals surface area contributed by atoms with Gasteiger partial charge in [-0.15, -0.1) is 0 Å². The number of pyridine rings is 1. The Morgan fingerprint density at radius 2 is 2.16 bits per heavy atom. The molecule has 0 aliphatic carbocycles. The summed E-state index contributed by atoms with van der Waals surface area (Å²) in [7, 11) is 0. The molecule has 1 rings (SSSR count). The molecule has 4 nitrogen and oxygen atoms in total.